The third-order valence-electron chi connectivity index (χ3n) is 4.57. The smallest absolute Gasteiger partial charge is 0.213 e. The molecule has 2 atom stereocenters. The number of piperazine rings is 1. The SMILES string of the molecule is CCS(=O)(=O)N1CCN([C@H]2CCCC[C@@H]2C)CC1. The molecule has 2 rings (SSSR count). The number of sulfonamides is 1. The molecule has 0 aromatic heterocycles. The predicted octanol–water partition coefficient (Wildman–Crippen LogP) is 1.53. The van der Waals surface area contributed by atoms with Crippen LogP contribution in [0.1, 0.15) is 39.5 Å². The highest BCUT2D eigenvalue weighted by molar-refractivity contribution is 7.89. The maximum absolute atomic E-state index is 11.8. The van der Waals surface area contributed by atoms with Gasteiger partial charge in [-0.15, -0.1) is 0 Å². The van der Waals surface area contributed by atoms with E-state index in [1.807, 2.05) is 0 Å². The van der Waals surface area contributed by atoms with Gasteiger partial charge in [0.05, 0.1) is 5.75 Å². The van der Waals surface area contributed by atoms with Gasteiger partial charge in [-0.3, -0.25) is 4.90 Å². The van der Waals surface area contributed by atoms with Gasteiger partial charge in [0, 0.05) is 32.2 Å². The van der Waals surface area contributed by atoms with Crippen LogP contribution in [0.3, 0.4) is 0 Å². The summed E-state index contributed by atoms with van der Waals surface area (Å²) in [6.45, 7) is 7.26. The van der Waals surface area contributed by atoms with E-state index in [-0.39, 0.29) is 5.75 Å². The zero-order valence-corrected chi connectivity index (χ0v) is 12.5. The Labute approximate surface area is 111 Å². The van der Waals surface area contributed by atoms with Gasteiger partial charge in [0.15, 0.2) is 0 Å². The lowest BCUT2D eigenvalue weighted by Crippen LogP contribution is -2.54. The Morgan fingerprint density at radius 2 is 1.67 bits per heavy atom. The van der Waals surface area contributed by atoms with E-state index in [2.05, 4.69) is 11.8 Å². The maximum Gasteiger partial charge on any atom is 0.213 e. The minimum Gasteiger partial charge on any atom is -0.298 e. The first-order valence-corrected chi connectivity index (χ1v) is 8.87. The van der Waals surface area contributed by atoms with Crippen molar-refractivity contribution in [3.8, 4) is 0 Å². The third kappa shape index (κ3) is 3.06. The van der Waals surface area contributed by atoms with Crippen molar-refractivity contribution in [2.75, 3.05) is 31.9 Å². The summed E-state index contributed by atoms with van der Waals surface area (Å²) >= 11 is 0. The van der Waals surface area contributed by atoms with Crippen molar-refractivity contribution in [2.45, 2.75) is 45.6 Å². The fraction of sp³-hybridized carbons (Fsp3) is 1.00. The molecule has 1 aliphatic carbocycles. The number of rotatable bonds is 3. The van der Waals surface area contributed by atoms with Crippen LogP contribution in [0.2, 0.25) is 0 Å². The van der Waals surface area contributed by atoms with E-state index in [1.165, 1.54) is 25.7 Å². The molecular weight excluding hydrogens is 248 g/mol. The number of nitrogens with zero attached hydrogens (tertiary/aromatic N) is 2. The number of hydrogen-bond acceptors (Lipinski definition) is 3. The van der Waals surface area contributed by atoms with E-state index < -0.39 is 10.0 Å². The molecule has 0 N–H and O–H groups in total. The topological polar surface area (TPSA) is 40.6 Å². The molecule has 1 aliphatic heterocycles. The average Bonchev–Trinajstić information content (AvgIpc) is 2.39. The second-order valence-electron chi connectivity index (χ2n) is 5.66. The van der Waals surface area contributed by atoms with E-state index >= 15 is 0 Å². The van der Waals surface area contributed by atoms with Crippen LogP contribution in [0, 0.1) is 5.92 Å². The molecule has 0 aromatic carbocycles. The standard InChI is InChI=1S/C13H26N2O2S/c1-3-18(16,17)15-10-8-14(9-11-15)13-7-5-4-6-12(13)2/h12-13H,3-11H2,1-2H3/t12-,13-/m0/s1. The van der Waals surface area contributed by atoms with Crippen LogP contribution in [0.4, 0.5) is 0 Å². The van der Waals surface area contributed by atoms with Gasteiger partial charge in [-0.25, -0.2) is 8.42 Å². The molecule has 2 aliphatic rings. The molecule has 4 nitrogen and oxygen atoms in total. The van der Waals surface area contributed by atoms with Crippen LogP contribution in [0.15, 0.2) is 0 Å². The van der Waals surface area contributed by atoms with E-state index in [0.717, 1.165) is 19.0 Å². The van der Waals surface area contributed by atoms with E-state index in [1.54, 1.807) is 11.2 Å². The second kappa shape index (κ2) is 5.88. The maximum atomic E-state index is 11.8. The van der Waals surface area contributed by atoms with Crippen LogP contribution in [0.25, 0.3) is 0 Å². The normalized spacial score (nSPS) is 32.6. The largest absolute Gasteiger partial charge is 0.298 e. The monoisotopic (exact) mass is 274 g/mol. The minimum atomic E-state index is -2.98. The zero-order chi connectivity index (χ0) is 13.2. The van der Waals surface area contributed by atoms with Crippen LogP contribution >= 0.6 is 0 Å². The lowest BCUT2D eigenvalue weighted by Gasteiger charge is -2.43. The minimum absolute atomic E-state index is 0.229. The van der Waals surface area contributed by atoms with Crippen molar-refractivity contribution in [3.05, 3.63) is 0 Å². The summed E-state index contributed by atoms with van der Waals surface area (Å²) in [6, 6.07) is 0.685. The molecule has 1 saturated carbocycles. The highest BCUT2D eigenvalue weighted by Crippen LogP contribution is 2.28. The van der Waals surface area contributed by atoms with E-state index in [9.17, 15) is 8.42 Å². The Balaban J connectivity index is 1.90. The summed E-state index contributed by atoms with van der Waals surface area (Å²) in [5, 5.41) is 0. The first-order chi connectivity index (χ1) is 8.54. The first-order valence-electron chi connectivity index (χ1n) is 7.26. The molecule has 0 unspecified atom stereocenters. The number of hydrogen-bond donors (Lipinski definition) is 0. The Hall–Kier alpha value is -0.130. The quantitative estimate of drug-likeness (QED) is 0.784. The molecule has 5 heteroatoms. The van der Waals surface area contributed by atoms with Crippen molar-refractivity contribution in [1.82, 2.24) is 9.21 Å². The summed E-state index contributed by atoms with van der Waals surface area (Å²) < 4.78 is 25.3. The lowest BCUT2D eigenvalue weighted by molar-refractivity contribution is 0.0786. The van der Waals surface area contributed by atoms with Crippen LogP contribution in [0.5, 0.6) is 0 Å². The van der Waals surface area contributed by atoms with Gasteiger partial charge >= 0.3 is 0 Å². The Bertz CT molecular complexity index is 361. The van der Waals surface area contributed by atoms with Crippen molar-refractivity contribution in [2.24, 2.45) is 5.92 Å². The van der Waals surface area contributed by atoms with Crippen LogP contribution < -0.4 is 0 Å². The molecule has 2 fully saturated rings. The molecule has 0 amide bonds. The molecule has 1 saturated heterocycles. The molecule has 0 aromatic rings. The Morgan fingerprint density at radius 3 is 2.22 bits per heavy atom. The molecule has 0 bridgehead atoms. The summed E-state index contributed by atoms with van der Waals surface area (Å²) in [5.74, 6) is 1.00. The second-order valence-corrected chi connectivity index (χ2v) is 7.92. The van der Waals surface area contributed by atoms with Gasteiger partial charge in [0.2, 0.25) is 10.0 Å². The van der Waals surface area contributed by atoms with Crippen molar-refractivity contribution in [3.63, 3.8) is 0 Å². The average molecular weight is 274 g/mol. The van der Waals surface area contributed by atoms with Gasteiger partial charge in [-0.1, -0.05) is 19.8 Å². The predicted molar refractivity (Wildman–Crippen MR) is 74.0 cm³/mol. The third-order valence-corrected chi connectivity index (χ3v) is 6.45. The van der Waals surface area contributed by atoms with Crippen molar-refractivity contribution < 1.29 is 8.42 Å². The van der Waals surface area contributed by atoms with E-state index in [4.69, 9.17) is 0 Å². The van der Waals surface area contributed by atoms with Gasteiger partial charge in [0.1, 0.15) is 0 Å². The van der Waals surface area contributed by atoms with Gasteiger partial charge in [-0.05, 0) is 25.7 Å². The highest BCUT2D eigenvalue weighted by atomic mass is 32.2. The zero-order valence-electron chi connectivity index (χ0n) is 11.6. The lowest BCUT2D eigenvalue weighted by atomic mass is 9.84. The van der Waals surface area contributed by atoms with Crippen LogP contribution in [-0.4, -0.2) is 55.6 Å². The Morgan fingerprint density at radius 1 is 1.06 bits per heavy atom. The molecule has 0 radical (unpaired) electrons. The molecule has 1 heterocycles. The summed E-state index contributed by atoms with van der Waals surface area (Å²) in [5.41, 5.74) is 0. The summed E-state index contributed by atoms with van der Waals surface area (Å²) in [7, 11) is -2.98. The first kappa shape index (κ1) is 14.3. The van der Waals surface area contributed by atoms with Crippen molar-refractivity contribution >= 4 is 10.0 Å². The molecule has 106 valence electrons. The fourth-order valence-electron chi connectivity index (χ4n) is 3.34. The summed E-state index contributed by atoms with van der Waals surface area (Å²) in [6.07, 6.45) is 5.32. The summed E-state index contributed by atoms with van der Waals surface area (Å²) in [4.78, 5) is 2.52. The van der Waals surface area contributed by atoms with Crippen molar-refractivity contribution in [1.29, 1.82) is 0 Å². The fourth-order valence-corrected chi connectivity index (χ4v) is 4.42. The van der Waals surface area contributed by atoms with Crippen LogP contribution in [-0.2, 0) is 10.0 Å². The Kier molecular flexibility index (Phi) is 4.67. The highest BCUT2D eigenvalue weighted by Gasteiger charge is 2.32. The van der Waals surface area contributed by atoms with Gasteiger partial charge < -0.3 is 0 Å². The molecule has 18 heavy (non-hydrogen) atoms. The van der Waals surface area contributed by atoms with E-state index in [0.29, 0.717) is 19.1 Å². The van der Waals surface area contributed by atoms with Gasteiger partial charge in [0.25, 0.3) is 0 Å². The van der Waals surface area contributed by atoms with Gasteiger partial charge in [-0.2, -0.15) is 4.31 Å². The molecule has 0 spiro atoms. The molecular formula is C13H26N2O2S.